The van der Waals surface area contributed by atoms with Crippen LogP contribution < -0.4 is 11.1 Å². The van der Waals surface area contributed by atoms with Crippen molar-refractivity contribution in [3.8, 4) is 0 Å². The molecule has 1 aromatic heterocycles. The molecule has 1 saturated heterocycles. The van der Waals surface area contributed by atoms with Gasteiger partial charge in [-0.25, -0.2) is 9.97 Å². The second kappa shape index (κ2) is 4.44. The third-order valence-corrected chi connectivity index (χ3v) is 2.55. The first kappa shape index (κ1) is 10.2. The minimum absolute atomic E-state index is 0.300. The largest absolute Gasteiger partial charge is 0.381 e. The van der Waals surface area contributed by atoms with Gasteiger partial charge in [0.05, 0.1) is 6.10 Å². The molecule has 0 aromatic carbocycles. The molecule has 3 N–H and O–H groups in total. The van der Waals surface area contributed by atoms with Gasteiger partial charge >= 0.3 is 0 Å². The van der Waals surface area contributed by atoms with Crippen LogP contribution in [0.15, 0.2) is 12.4 Å². The molecule has 0 amide bonds. The fraction of sp³-hybridized carbons (Fsp3) is 0.600. The highest BCUT2D eigenvalue weighted by atomic mass is 16.5. The number of nitrogens with two attached hydrogens (primary N) is 1. The molecule has 1 fully saturated rings. The molecular weight excluding hydrogens is 192 g/mol. The summed E-state index contributed by atoms with van der Waals surface area (Å²) in [5.41, 5.74) is 5.71. The topological polar surface area (TPSA) is 73.1 Å². The van der Waals surface area contributed by atoms with Gasteiger partial charge in [0.2, 0.25) is 0 Å². The standard InChI is InChI=1S/C10H16N4O/c1-7-6-8(2-5-15-7)14-10-9(11)12-3-4-13-10/h3-4,7-8H,2,5-6H2,1H3,(H2,11,12)(H,13,14). The highest BCUT2D eigenvalue weighted by Gasteiger charge is 2.19. The van der Waals surface area contributed by atoms with Crippen molar-refractivity contribution >= 4 is 11.6 Å². The Kier molecular flexibility index (Phi) is 3.01. The third kappa shape index (κ3) is 2.56. The predicted molar refractivity (Wildman–Crippen MR) is 58.5 cm³/mol. The molecule has 2 atom stereocenters. The monoisotopic (exact) mass is 208 g/mol. The summed E-state index contributed by atoms with van der Waals surface area (Å²) in [7, 11) is 0. The van der Waals surface area contributed by atoms with Crippen LogP contribution >= 0.6 is 0 Å². The number of hydrogen-bond acceptors (Lipinski definition) is 5. The summed E-state index contributed by atoms with van der Waals surface area (Å²) in [4.78, 5) is 8.14. The van der Waals surface area contributed by atoms with Crippen molar-refractivity contribution in [2.24, 2.45) is 0 Å². The maximum atomic E-state index is 5.71. The molecule has 0 spiro atoms. The van der Waals surface area contributed by atoms with Gasteiger partial charge in [-0.2, -0.15) is 0 Å². The van der Waals surface area contributed by atoms with Gasteiger partial charge in [0, 0.05) is 25.0 Å². The summed E-state index contributed by atoms with van der Waals surface area (Å²) in [5.74, 6) is 1.13. The van der Waals surface area contributed by atoms with Crippen LogP contribution in [0.25, 0.3) is 0 Å². The Bertz CT molecular complexity index is 331. The van der Waals surface area contributed by atoms with Crippen LogP contribution in [-0.4, -0.2) is 28.7 Å². The summed E-state index contributed by atoms with van der Waals surface area (Å²) < 4.78 is 5.47. The Morgan fingerprint density at radius 2 is 2.27 bits per heavy atom. The molecule has 5 nitrogen and oxygen atoms in total. The predicted octanol–water partition coefficient (Wildman–Crippen LogP) is 1.04. The quantitative estimate of drug-likeness (QED) is 0.759. The van der Waals surface area contributed by atoms with E-state index < -0.39 is 0 Å². The molecule has 0 radical (unpaired) electrons. The molecule has 1 aliphatic heterocycles. The van der Waals surface area contributed by atoms with E-state index in [1.165, 1.54) is 0 Å². The fourth-order valence-electron chi connectivity index (χ4n) is 1.78. The molecular formula is C10H16N4O. The van der Waals surface area contributed by atoms with E-state index in [9.17, 15) is 0 Å². The molecule has 82 valence electrons. The highest BCUT2D eigenvalue weighted by molar-refractivity contribution is 5.55. The van der Waals surface area contributed by atoms with Crippen LogP contribution in [0.3, 0.4) is 0 Å². The molecule has 0 aliphatic carbocycles. The molecule has 5 heteroatoms. The number of nitrogen functional groups attached to an aromatic ring is 1. The van der Waals surface area contributed by atoms with Crippen molar-refractivity contribution in [2.45, 2.75) is 31.9 Å². The number of aromatic nitrogens is 2. The van der Waals surface area contributed by atoms with Gasteiger partial charge in [-0.15, -0.1) is 0 Å². The molecule has 2 rings (SSSR count). The average molecular weight is 208 g/mol. The lowest BCUT2D eigenvalue weighted by Crippen LogP contribution is -2.33. The summed E-state index contributed by atoms with van der Waals surface area (Å²) >= 11 is 0. The maximum Gasteiger partial charge on any atom is 0.169 e. The maximum absolute atomic E-state index is 5.71. The van der Waals surface area contributed by atoms with Gasteiger partial charge < -0.3 is 15.8 Å². The van der Waals surface area contributed by atoms with Crippen molar-refractivity contribution in [2.75, 3.05) is 17.7 Å². The van der Waals surface area contributed by atoms with E-state index in [1.54, 1.807) is 12.4 Å². The normalized spacial score (nSPS) is 26.2. The highest BCUT2D eigenvalue weighted by Crippen LogP contribution is 2.19. The first-order valence-electron chi connectivity index (χ1n) is 5.20. The van der Waals surface area contributed by atoms with E-state index in [0.29, 0.717) is 23.8 Å². The second-order valence-corrected chi connectivity index (χ2v) is 3.84. The summed E-state index contributed by atoms with van der Waals surface area (Å²) in [6.07, 6.45) is 5.50. The smallest absolute Gasteiger partial charge is 0.169 e. The van der Waals surface area contributed by atoms with Crippen LogP contribution in [0.1, 0.15) is 19.8 Å². The van der Waals surface area contributed by atoms with Crippen molar-refractivity contribution in [1.82, 2.24) is 9.97 Å². The van der Waals surface area contributed by atoms with Gasteiger partial charge in [-0.3, -0.25) is 0 Å². The van der Waals surface area contributed by atoms with Crippen molar-refractivity contribution in [3.63, 3.8) is 0 Å². The second-order valence-electron chi connectivity index (χ2n) is 3.84. The van der Waals surface area contributed by atoms with Gasteiger partial charge in [-0.1, -0.05) is 0 Å². The van der Waals surface area contributed by atoms with Crippen LogP contribution in [0.4, 0.5) is 11.6 Å². The van der Waals surface area contributed by atoms with Crippen molar-refractivity contribution in [3.05, 3.63) is 12.4 Å². The molecule has 0 bridgehead atoms. The van der Waals surface area contributed by atoms with Crippen LogP contribution in [0, 0.1) is 0 Å². The Labute approximate surface area is 89.1 Å². The summed E-state index contributed by atoms with van der Waals surface area (Å²) in [5, 5.41) is 3.30. The molecule has 1 aromatic rings. The first-order valence-corrected chi connectivity index (χ1v) is 5.20. The van der Waals surface area contributed by atoms with E-state index in [4.69, 9.17) is 10.5 Å². The molecule has 2 unspecified atom stereocenters. The number of rotatable bonds is 2. The lowest BCUT2D eigenvalue weighted by Gasteiger charge is -2.28. The number of nitrogens with zero attached hydrogens (tertiary/aromatic N) is 2. The number of nitrogens with one attached hydrogen (secondary N) is 1. The minimum Gasteiger partial charge on any atom is -0.381 e. The lowest BCUT2D eigenvalue weighted by atomic mass is 10.0. The zero-order valence-electron chi connectivity index (χ0n) is 8.81. The number of anilines is 2. The lowest BCUT2D eigenvalue weighted by molar-refractivity contribution is 0.0232. The molecule has 0 saturated carbocycles. The third-order valence-electron chi connectivity index (χ3n) is 2.55. The zero-order chi connectivity index (χ0) is 10.7. The molecule has 2 heterocycles. The Morgan fingerprint density at radius 3 is 3.00 bits per heavy atom. The number of ether oxygens (including phenoxy) is 1. The van der Waals surface area contributed by atoms with E-state index in [1.807, 2.05) is 0 Å². The van der Waals surface area contributed by atoms with Crippen molar-refractivity contribution < 1.29 is 4.74 Å². The van der Waals surface area contributed by atoms with E-state index in [-0.39, 0.29) is 0 Å². The number of hydrogen-bond donors (Lipinski definition) is 2. The Morgan fingerprint density at radius 1 is 1.47 bits per heavy atom. The molecule has 1 aliphatic rings. The van der Waals surface area contributed by atoms with Crippen LogP contribution in [-0.2, 0) is 4.74 Å². The minimum atomic E-state index is 0.300. The van der Waals surface area contributed by atoms with Crippen molar-refractivity contribution in [1.29, 1.82) is 0 Å². The Hall–Kier alpha value is -1.36. The van der Waals surface area contributed by atoms with Gasteiger partial charge in [0.1, 0.15) is 0 Å². The van der Waals surface area contributed by atoms with E-state index in [2.05, 4.69) is 22.2 Å². The zero-order valence-corrected chi connectivity index (χ0v) is 8.81. The SMILES string of the molecule is CC1CC(Nc2nccnc2N)CCO1. The van der Waals surface area contributed by atoms with E-state index in [0.717, 1.165) is 19.4 Å². The fourth-order valence-corrected chi connectivity index (χ4v) is 1.78. The van der Waals surface area contributed by atoms with E-state index >= 15 is 0 Å². The summed E-state index contributed by atoms with van der Waals surface area (Å²) in [6.45, 7) is 2.87. The average Bonchev–Trinajstić information content (AvgIpc) is 2.22. The Balaban J connectivity index is 1.99. The van der Waals surface area contributed by atoms with Gasteiger partial charge in [0.15, 0.2) is 11.6 Å². The first-order chi connectivity index (χ1) is 7.25. The van der Waals surface area contributed by atoms with Crippen LogP contribution in [0.5, 0.6) is 0 Å². The van der Waals surface area contributed by atoms with Crippen LogP contribution in [0.2, 0.25) is 0 Å². The molecule has 15 heavy (non-hydrogen) atoms. The van der Waals surface area contributed by atoms with Gasteiger partial charge in [-0.05, 0) is 19.8 Å². The summed E-state index contributed by atoms with van der Waals surface area (Å²) in [6, 6.07) is 0.382. The van der Waals surface area contributed by atoms with Gasteiger partial charge in [0.25, 0.3) is 0 Å².